The summed E-state index contributed by atoms with van der Waals surface area (Å²) in [5, 5.41) is 3.96. The molecule has 6 nitrogen and oxygen atoms in total. The molecule has 6 heteroatoms. The molecule has 31 heavy (non-hydrogen) atoms. The highest BCUT2D eigenvalue weighted by molar-refractivity contribution is 5.91. The minimum absolute atomic E-state index is 0.108. The predicted molar refractivity (Wildman–Crippen MR) is 124 cm³/mol. The van der Waals surface area contributed by atoms with Gasteiger partial charge in [0.05, 0.1) is 19.3 Å². The fourth-order valence-corrected chi connectivity index (χ4v) is 4.36. The van der Waals surface area contributed by atoms with Crippen LogP contribution in [0.2, 0.25) is 0 Å². The quantitative estimate of drug-likeness (QED) is 0.596. The van der Waals surface area contributed by atoms with E-state index < -0.39 is 0 Å². The summed E-state index contributed by atoms with van der Waals surface area (Å²) in [4.78, 5) is 31.0. The van der Waals surface area contributed by atoms with E-state index in [1.54, 1.807) is 7.11 Å². The average Bonchev–Trinajstić information content (AvgIpc) is 2.78. The third-order valence-corrected chi connectivity index (χ3v) is 6.04. The van der Waals surface area contributed by atoms with Crippen molar-refractivity contribution in [2.75, 3.05) is 12.4 Å². The summed E-state index contributed by atoms with van der Waals surface area (Å²) in [6.07, 6.45) is 5.27. The first-order valence-corrected chi connectivity index (χ1v) is 10.9. The summed E-state index contributed by atoms with van der Waals surface area (Å²) in [6.45, 7) is 2.27. The SMILES string of the molecule is COc1ccccc1NC(=O)N(Cc1cc2ccc(C)cc2[nH]c1=O)C1CCCCC1. The molecule has 4 rings (SSSR count). The van der Waals surface area contributed by atoms with Crippen LogP contribution in [0.5, 0.6) is 5.75 Å². The largest absolute Gasteiger partial charge is 0.495 e. The van der Waals surface area contributed by atoms with Crippen molar-refractivity contribution in [1.29, 1.82) is 0 Å². The molecular weight excluding hydrogens is 390 g/mol. The van der Waals surface area contributed by atoms with Crippen LogP contribution in [0.3, 0.4) is 0 Å². The van der Waals surface area contributed by atoms with Crippen molar-refractivity contribution in [3.05, 3.63) is 70.0 Å². The van der Waals surface area contributed by atoms with Crippen LogP contribution in [0.1, 0.15) is 43.2 Å². The number of H-pyrrole nitrogens is 1. The second kappa shape index (κ2) is 9.25. The number of nitrogens with zero attached hydrogens (tertiary/aromatic N) is 1. The summed E-state index contributed by atoms with van der Waals surface area (Å²) in [5.41, 5.74) is 2.98. The lowest BCUT2D eigenvalue weighted by Crippen LogP contribution is -2.44. The van der Waals surface area contributed by atoms with E-state index in [1.807, 2.05) is 60.4 Å². The Bertz CT molecular complexity index is 1130. The maximum atomic E-state index is 13.4. The van der Waals surface area contributed by atoms with Crippen LogP contribution in [-0.4, -0.2) is 29.1 Å². The maximum absolute atomic E-state index is 13.4. The molecule has 0 aliphatic heterocycles. The molecule has 0 unspecified atom stereocenters. The van der Waals surface area contributed by atoms with Gasteiger partial charge in [-0.3, -0.25) is 4.79 Å². The van der Waals surface area contributed by atoms with Crippen LogP contribution >= 0.6 is 0 Å². The Balaban J connectivity index is 1.64. The highest BCUT2D eigenvalue weighted by Crippen LogP contribution is 2.27. The minimum Gasteiger partial charge on any atom is -0.495 e. The Morgan fingerprint density at radius 3 is 2.68 bits per heavy atom. The van der Waals surface area contributed by atoms with E-state index in [-0.39, 0.29) is 24.2 Å². The second-order valence-electron chi connectivity index (χ2n) is 8.26. The molecule has 1 heterocycles. The number of methoxy groups -OCH3 is 1. The molecule has 162 valence electrons. The number of aryl methyl sites for hydroxylation is 1. The zero-order valence-corrected chi connectivity index (χ0v) is 18.1. The molecular formula is C25H29N3O3. The van der Waals surface area contributed by atoms with Crippen molar-refractivity contribution in [2.24, 2.45) is 0 Å². The Labute approximate surface area is 182 Å². The summed E-state index contributed by atoms with van der Waals surface area (Å²) in [5.74, 6) is 0.610. The predicted octanol–water partition coefficient (Wildman–Crippen LogP) is 5.21. The highest BCUT2D eigenvalue weighted by Gasteiger charge is 2.27. The Morgan fingerprint density at radius 2 is 1.90 bits per heavy atom. The lowest BCUT2D eigenvalue weighted by molar-refractivity contribution is 0.162. The first kappa shape index (κ1) is 21.0. The van der Waals surface area contributed by atoms with Gasteiger partial charge in [-0.25, -0.2) is 4.79 Å². The zero-order valence-electron chi connectivity index (χ0n) is 18.1. The molecule has 2 N–H and O–H groups in total. The molecule has 0 saturated heterocycles. The average molecular weight is 420 g/mol. The number of carbonyl (C=O) groups excluding carboxylic acids is 1. The summed E-state index contributed by atoms with van der Waals surface area (Å²) >= 11 is 0. The molecule has 2 aromatic carbocycles. The molecule has 1 aromatic heterocycles. The number of ether oxygens (including phenoxy) is 1. The van der Waals surface area contributed by atoms with Gasteiger partial charge in [-0.05, 0) is 55.0 Å². The third-order valence-electron chi connectivity index (χ3n) is 6.04. The lowest BCUT2D eigenvalue weighted by Gasteiger charge is -2.34. The fraction of sp³-hybridized carbons (Fsp3) is 0.360. The van der Waals surface area contributed by atoms with Gasteiger partial charge < -0.3 is 19.9 Å². The van der Waals surface area contributed by atoms with Crippen LogP contribution in [0.4, 0.5) is 10.5 Å². The van der Waals surface area contributed by atoms with E-state index >= 15 is 0 Å². The molecule has 0 atom stereocenters. The van der Waals surface area contributed by atoms with E-state index in [4.69, 9.17) is 4.74 Å². The van der Waals surface area contributed by atoms with Crippen molar-refractivity contribution in [3.8, 4) is 5.75 Å². The van der Waals surface area contributed by atoms with Gasteiger partial charge in [0.1, 0.15) is 5.75 Å². The van der Waals surface area contributed by atoms with Crippen molar-refractivity contribution >= 4 is 22.6 Å². The normalized spacial score (nSPS) is 14.4. The smallest absolute Gasteiger partial charge is 0.322 e. The number of aromatic nitrogens is 1. The number of nitrogens with one attached hydrogen (secondary N) is 2. The van der Waals surface area contributed by atoms with Gasteiger partial charge in [0.2, 0.25) is 0 Å². The molecule has 0 bridgehead atoms. The van der Waals surface area contributed by atoms with Gasteiger partial charge in [0.15, 0.2) is 0 Å². The fourth-order valence-electron chi connectivity index (χ4n) is 4.36. The number of benzene rings is 2. The van der Waals surface area contributed by atoms with Crippen molar-refractivity contribution in [2.45, 2.75) is 51.6 Å². The Hall–Kier alpha value is -3.28. The number of rotatable bonds is 5. The summed E-state index contributed by atoms with van der Waals surface area (Å²) in [6, 6.07) is 15.2. The Kier molecular flexibility index (Phi) is 6.26. The molecule has 2 amide bonds. The van der Waals surface area contributed by atoms with Gasteiger partial charge in [-0.1, -0.05) is 43.5 Å². The second-order valence-corrected chi connectivity index (χ2v) is 8.26. The number of anilines is 1. The first-order chi connectivity index (χ1) is 15.0. The number of pyridine rings is 1. The number of para-hydroxylation sites is 2. The third kappa shape index (κ3) is 4.74. The zero-order chi connectivity index (χ0) is 21.8. The first-order valence-electron chi connectivity index (χ1n) is 10.9. The highest BCUT2D eigenvalue weighted by atomic mass is 16.5. The number of amides is 2. The van der Waals surface area contributed by atoms with E-state index in [9.17, 15) is 9.59 Å². The molecule has 1 fully saturated rings. The monoisotopic (exact) mass is 419 g/mol. The molecule has 1 aliphatic rings. The molecule has 0 spiro atoms. The standard InChI is InChI=1S/C25H29N3O3/c1-17-12-13-18-15-19(24(29)26-22(18)14-17)16-28(20-8-4-3-5-9-20)25(30)27-21-10-6-7-11-23(21)31-2/h6-7,10-15,20H,3-5,8-9,16H2,1-2H3,(H,26,29)(H,27,30). The molecule has 3 aromatic rings. The van der Waals surface area contributed by atoms with Crippen molar-refractivity contribution in [1.82, 2.24) is 9.88 Å². The van der Waals surface area contributed by atoms with Crippen LogP contribution < -0.4 is 15.6 Å². The molecule has 1 aliphatic carbocycles. The number of urea groups is 1. The van der Waals surface area contributed by atoms with E-state index in [1.165, 1.54) is 6.42 Å². The number of hydrogen-bond donors (Lipinski definition) is 2. The van der Waals surface area contributed by atoms with Crippen LogP contribution in [-0.2, 0) is 6.54 Å². The van der Waals surface area contributed by atoms with Crippen LogP contribution in [0.15, 0.2) is 53.3 Å². The van der Waals surface area contributed by atoms with Gasteiger partial charge in [-0.2, -0.15) is 0 Å². The van der Waals surface area contributed by atoms with Crippen molar-refractivity contribution in [3.63, 3.8) is 0 Å². The lowest BCUT2D eigenvalue weighted by atomic mass is 9.94. The van der Waals surface area contributed by atoms with Gasteiger partial charge in [0, 0.05) is 17.1 Å². The molecule has 0 radical (unpaired) electrons. The summed E-state index contributed by atoms with van der Waals surface area (Å²) in [7, 11) is 1.58. The van der Waals surface area contributed by atoms with Crippen LogP contribution in [0, 0.1) is 6.92 Å². The maximum Gasteiger partial charge on any atom is 0.322 e. The Morgan fingerprint density at radius 1 is 1.13 bits per heavy atom. The van der Waals surface area contributed by atoms with E-state index in [0.717, 1.165) is 42.1 Å². The number of hydrogen-bond acceptors (Lipinski definition) is 3. The van der Waals surface area contributed by atoms with E-state index in [2.05, 4.69) is 10.3 Å². The van der Waals surface area contributed by atoms with E-state index in [0.29, 0.717) is 17.0 Å². The number of aromatic amines is 1. The molecule has 1 saturated carbocycles. The van der Waals surface area contributed by atoms with Gasteiger partial charge in [0.25, 0.3) is 5.56 Å². The van der Waals surface area contributed by atoms with Gasteiger partial charge >= 0.3 is 6.03 Å². The summed E-state index contributed by atoms with van der Waals surface area (Å²) < 4.78 is 5.38. The number of fused-ring (bicyclic) bond motifs is 1. The topological polar surface area (TPSA) is 74.4 Å². The van der Waals surface area contributed by atoms with Crippen LogP contribution in [0.25, 0.3) is 10.9 Å². The minimum atomic E-state index is -0.209. The number of carbonyl (C=O) groups is 1. The van der Waals surface area contributed by atoms with Gasteiger partial charge in [-0.15, -0.1) is 0 Å². The van der Waals surface area contributed by atoms with Crippen molar-refractivity contribution < 1.29 is 9.53 Å².